The summed E-state index contributed by atoms with van der Waals surface area (Å²) in [7, 11) is -3.71. The van der Waals surface area contributed by atoms with E-state index in [1.54, 1.807) is 0 Å². The van der Waals surface area contributed by atoms with Crippen molar-refractivity contribution >= 4 is 10.1 Å². The molecular formula is C7H17LiO3S. The summed E-state index contributed by atoms with van der Waals surface area (Å²) in [5, 5.41) is 0. The van der Waals surface area contributed by atoms with Crippen LogP contribution in [-0.2, 0) is 10.1 Å². The summed E-state index contributed by atoms with van der Waals surface area (Å²) in [6.45, 7) is 2.10. The first-order chi connectivity index (χ1) is 5.06. The van der Waals surface area contributed by atoms with Crippen molar-refractivity contribution in [2.45, 2.75) is 39.0 Å². The minimum atomic E-state index is -3.71. The van der Waals surface area contributed by atoms with E-state index in [1.165, 1.54) is 0 Å². The number of rotatable bonds is 6. The second kappa shape index (κ2) is 8.12. The fourth-order valence-corrected chi connectivity index (χ4v) is 1.46. The van der Waals surface area contributed by atoms with Crippen LogP contribution >= 0.6 is 0 Å². The third-order valence-electron chi connectivity index (χ3n) is 1.51. The van der Waals surface area contributed by atoms with Gasteiger partial charge in [0.2, 0.25) is 0 Å². The molecule has 0 spiro atoms. The largest absolute Gasteiger partial charge is 1.00 e. The third kappa shape index (κ3) is 13.1. The molecule has 70 valence electrons. The van der Waals surface area contributed by atoms with E-state index in [4.69, 9.17) is 4.55 Å². The van der Waals surface area contributed by atoms with Gasteiger partial charge in [-0.2, -0.15) is 8.42 Å². The van der Waals surface area contributed by atoms with E-state index >= 15 is 0 Å². The van der Waals surface area contributed by atoms with Gasteiger partial charge in [-0.1, -0.05) is 32.6 Å². The van der Waals surface area contributed by atoms with E-state index in [1.807, 2.05) is 0 Å². The van der Waals surface area contributed by atoms with Crippen LogP contribution in [0, 0.1) is 0 Å². The molecule has 1 N–H and O–H groups in total. The van der Waals surface area contributed by atoms with Gasteiger partial charge < -0.3 is 1.43 Å². The molecule has 0 bridgehead atoms. The van der Waals surface area contributed by atoms with Gasteiger partial charge in [0.05, 0.1) is 5.75 Å². The summed E-state index contributed by atoms with van der Waals surface area (Å²) in [6, 6.07) is 0. The molecule has 0 unspecified atom stereocenters. The molecule has 0 aromatic heterocycles. The van der Waals surface area contributed by atoms with E-state index < -0.39 is 10.1 Å². The van der Waals surface area contributed by atoms with Gasteiger partial charge in [0.25, 0.3) is 10.1 Å². The van der Waals surface area contributed by atoms with E-state index in [-0.39, 0.29) is 26.0 Å². The minimum absolute atomic E-state index is 0. The number of hydrogen-bond donors (Lipinski definition) is 1. The molecule has 12 heavy (non-hydrogen) atoms. The maximum absolute atomic E-state index is 10.2. The molecule has 0 aliphatic heterocycles. The Balaban J connectivity index is -0.000000500. The standard InChI is InChI=1S/C7H16O3S.Li.H/c1-2-3-4-5-6-7-11(8,9)10;;/h2-7H2,1H3,(H,8,9,10);;/q;+1;-1. The first kappa shape index (κ1) is 15.0. The van der Waals surface area contributed by atoms with Crippen molar-refractivity contribution in [1.82, 2.24) is 0 Å². The first-order valence-electron chi connectivity index (χ1n) is 4.01. The van der Waals surface area contributed by atoms with Crippen LogP contribution < -0.4 is 18.9 Å². The average molecular weight is 188 g/mol. The third-order valence-corrected chi connectivity index (χ3v) is 2.31. The van der Waals surface area contributed by atoms with Crippen molar-refractivity contribution in [3.05, 3.63) is 0 Å². The first-order valence-corrected chi connectivity index (χ1v) is 5.62. The Labute approximate surface area is 88.3 Å². The summed E-state index contributed by atoms with van der Waals surface area (Å²) in [6.07, 6.45) is 4.83. The molecule has 0 atom stereocenters. The van der Waals surface area contributed by atoms with Gasteiger partial charge >= 0.3 is 18.9 Å². The molecule has 0 fully saturated rings. The van der Waals surface area contributed by atoms with Crippen molar-refractivity contribution in [3.8, 4) is 0 Å². The summed E-state index contributed by atoms with van der Waals surface area (Å²) < 4.78 is 28.8. The Bertz CT molecular complexity index is 182. The van der Waals surface area contributed by atoms with Gasteiger partial charge in [-0.3, -0.25) is 4.55 Å². The summed E-state index contributed by atoms with van der Waals surface area (Å²) in [5.41, 5.74) is 0. The van der Waals surface area contributed by atoms with E-state index in [0.717, 1.165) is 25.7 Å². The summed E-state index contributed by atoms with van der Waals surface area (Å²) >= 11 is 0. The van der Waals surface area contributed by atoms with Crippen LogP contribution in [0.5, 0.6) is 0 Å². The Morgan fingerprint density at radius 3 is 2.08 bits per heavy atom. The molecule has 3 nitrogen and oxygen atoms in total. The maximum atomic E-state index is 10.2. The van der Waals surface area contributed by atoms with Crippen molar-refractivity contribution in [3.63, 3.8) is 0 Å². The Morgan fingerprint density at radius 2 is 1.67 bits per heavy atom. The molecule has 0 aliphatic carbocycles. The van der Waals surface area contributed by atoms with Gasteiger partial charge in [-0.25, -0.2) is 0 Å². The monoisotopic (exact) mass is 188 g/mol. The van der Waals surface area contributed by atoms with Gasteiger partial charge in [0, 0.05) is 0 Å². The molecule has 0 amide bonds. The van der Waals surface area contributed by atoms with E-state index in [2.05, 4.69) is 6.92 Å². The number of unbranched alkanes of at least 4 members (excludes halogenated alkanes) is 4. The summed E-state index contributed by atoms with van der Waals surface area (Å²) in [4.78, 5) is 0. The number of hydrogen-bond acceptors (Lipinski definition) is 2. The molecule has 0 aromatic carbocycles. The molecule has 0 aliphatic rings. The molecule has 0 aromatic rings. The van der Waals surface area contributed by atoms with Crippen LogP contribution in [-0.4, -0.2) is 18.7 Å². The van der Waals surface area contributed by atoms with Crippen molar-refractivity contribution in [2.24, 2.45) is 0 Å². The average Bonchev–Trinajstić information content (AvgIpc) is 1.85. The smallest absolute Gasteiger partial charge is 1.00 e. The predicted octanol–water partition coefficient (Wildman–Crippen LogP) is -1.04. The fraction of sp³-hybridized carbons (Fsp3) is 1.00. The second-order valence-electron chi connectivity index (χ2n) is 2.70. The molecule has 0 rings (SSSR count). The zero-order chi connectivity index (χ0) is 8.74. The van der Waals surface area contributed by atoms with Crippen molar-refractivity contribution < 1.29 is 33.3 Å². The van der Waals surface area contributed by atoms with Crippen LogP contribution in [0.15, 0.2) is 0 Å². The molecule has 0 saturated carbocycles. The Morgan fingerprint density at radius 1 is 1.17 bits per heavy atom. The quantitative estimate of drug-likeness (QED) is 0.329. The SMILES string of the molecule is CCCCCCCS(=O)(=O)O.[H-].[Li+]. The Kier molecular flexibility index (Phi) is 10.2. The minimum Gasteiger partial charge on any atom is -1.00 e. The van der Waals surface area contributed by atoms with Gasteiger partial charge in [0.1, 0.15) is 0 Å². The van der Waals surface area contributed by atoms with Gasteiger partial charge in [0.15, 0.2) is 0 Å². The van der Waals surface area contributed by atoms with Crippen LogP contribution in [0.4, 0.5) is 0 Å². The molecule has 0 saturated heterocycles. The normalized spacial score (nSPS) is 10.8. The molecule has 0 heterocycles. The zero-order valence-corrected chi connectivity index (χ0v) is 8.73. The second-order valence-corrected chi connectivity index (χ2v) is 4.27. The zero-order valence-electron chi connectivity index (χ0n) is 8.91. The summed E-state index contributed by atoms with van der Waals surface area (Å²) in [5.74, 6) is -0.0866. The molecular weight excluding hydrogens is 171 g/mol. The van der Waals surface area contributed by atoms with Crippen LogP contribution in [0.3, 0.4) is 0 Å². The fourth-order valence-electron chi connectivity index (χ4n) is 0.888. The van der Waals surface area contributed by atoms with Crippen LogP contribution in [0.2, 0.25) is 0 Å². The van der Waals surface area contributed by atoms with E-state index in [9.17, 15) is 8.42 Å². The van der Waals surface area contributed by atoms with Crippen molar-refractivity contribution in [1.29, 1.82) is 0 Å². The predicted molar refractivity (Wildman–Crippen MR) is 46.3 cm³/mol. The van der Waals surface area contributed by atoms with E-state index in [0.29, 0.717) is 6.42 Å². The molecule has 0 radical (unpaired) electrons. The van der Waals surface area contributed by atoms with Crippen LogP contribution in [0.1, 0.15) is 40.5 Å². The maximum Gasteiger partial charge on any atom is 1.00 e. The van der Waals surface area contributed by atoms with Crippen LogP contribution in [0.25, 0.3) is 0 Å². The molecule has 5 heteroatoms. The van der Waals surface area contributed by atoms with Crippen molar-refractivity contribution in [2.75, 3.05) is 5.75 Å². The Hall–Kier alpha value is 0.507. The van der Waals surface area contributed by atoms with Gasteiger partial charge in [-0.05, 0) is 6.42 Å². The van der Waals surface area contributed by atoms with Gasteiger partial charge in [-0.15, -0.1) is 0 Å². The topological polar surface area (TPSA) is 54.4 Å².